The van der Waals surface area contributed by atoms with E-state index in [2.05, 4.69) is 9.71 Å². The van der Waals surface area contributed by atoms with Crippen molar-refractivity contribution in [3.63, 3.8) is 0 Å². The zero-order chi connectivity index (χ0) is 18.9. The topological polar surface area (TPSA) is 63.5 Å². The highest BCUT2D eigenvalue weighted by Gasteiger charge is 2.16. The van der Waals surface area contributed by atoms with E-state index in [-0.39, 0.29) is 4.90 Å². The molecule has 5 nitrogen and oxygen atoms in total. The third-order valence-electron chi connectivity index (χ3n) is 3.79. The standard InChI is InChI=1S/C17H15Cl2N3O2S2/c1-20-26(23,24)11-7-8-13(18)12(9-11)16-10-25-17(22(16)2)21-15-6-4-3-5-14(15)19/h3-10,20H,1-2H3. The minimum absolute atomic E-state index is 0.148. The van der Waals surface area contributed by atoms with Crippen molar-refractivity contribution in [2.24, 2.45) is 12.0 Å². The van der Waals surface area contributed by atoms with Crippen molar-refractivity contribution in [3.8, 4) is 11.3 Å². The second kappa shape index (κ2) is 7.54. The summed E-state index contributed by atoms with van der Waals surface area (Å²) in [6.45, 7) is 0. The molecule has 0 fully saturated rings. The summed E-state index contributed by atoms with van der Waals surface area (Å²) in [5, 5.41) is 2.90. The molecule has 2 aromatic carbocycles. The van der Waals surface area contributed by atoms with Gasteiger partial charge in [-0.1, -0.05) is 35.3 Å². The molecule has 0 bridgehead atoms. The van der Waals surface area contributed by atoms with Gasteiger partial charge in [0.2, 0.25) is 10.0 Å². The van der Waals surface area contributed by atoms with Crippen molar-refractivity contribution >= 4 is 50.2 Å². The van der Waals surface area contributed by atoms with Crippen molar-refractivity contribution in [1.29, 1.82) is 0 Å². The van der Waals surface area contributed by atoms with Crippen LogP contribution in [0.3, 0.4) is 0 Å². The Bertz CT molecular complexity index is 1130. The van der Waals surface area contributed by atoms with Crippen molar-refractivity contribution in [1.82, 2.24) is 9.29 Å². The first-order valence-electron chi connectivity index (χ1n) is 7.51. The lowest BCUT2D eigenvalue weighted by molar-refractivity contribution is 0.588. The molecule has 0 unspecified atom stereocenters. The lowest BCUT2D eigenvalue weighted by Crippen LogP contribution is -2.18. The second-order valence-electron chi connectivity index (χ2n) is 5.37. The Balaban J connectivity index is 2.15. The third kappa shape index (κ3) is 3.72. The van der Waals surface area contributed by atoms with E-state index in [4.69, 9.17) is 23.2 Å². The zero-order valence-corrected chi connectivity index (χ0v) is 17.0. The Morgan fingerprint density at radius 2 is 1.85 bits per heavy atom. The van der Waals surface area contributed by atoms with Gasteiger partial charge in [0.15, 0.2) is 4.80 Å². The Morgan fingerprint density at radius 1 is 1.12 bits per heavy atom. The molecule has 26 heavy (non-hydrogen) atoms. The number of nitrogens with zero attached hydrogens (tertiary/aromatic N) is 2. The summed E-state index contributed by atoms with van der Waals surface area (Å²) >= 11 is 13.9. The molecule has 1 heterocycles. The summed E-state index contributed by atoms with van der Waals surface area (Å²) in [5.74, 6) is 0. The predicted octanol–water partition coefficient (Wildman–Crippen LogP) is 4.20. The summed E-state index contributed by atoms with van der Waals surface area (Å²) < 4.78 is 28.3. The number of halogens is 2. The molecule has 3 rings (SSSR count). The van der Waals surface area contributed by atoms with Crippen LogP contribution in [0.15, 0.2) is 57.7 Å². The van der Waals surface area contributed by atoms with Gasteiger partial charge in [0.05, 0.1) is 21.3 Å². The third-order valence-corrected chi connectivity index (χ3v) is 6.76. The number of para-hydroxylation sites is 1. The minimum atomic E-state index is -3.56. The van der Waals surface area contributed by atoms with Crippen molar-refractivity contribution in [2.75, 3.05) is 7.05 Å². The summed E-state index contributed by atoms with van der Waals surface area (Å²) in [6, 6.07) is 11.9. The lowest BCUT2D eigenvalue weighted by atomic mass is 10.2. The van der Waals surface area contributed by atoms with E-state index in [9.17, 15) is 8.42 Å². The molecule has 0 spiro atoms. The van der Waals surface area contributed by atoms with Crippen LogP contribution in [-0.4, -0.2) is 20.0 Å². The van der Waals surface area contributed by atoms with Gasteiger partial charge in [-0.15, -0.1) is 11.3 Å². The molecule has 0 radical (unpaired) electrons. The monoisotopic (exact) mass is 427 g/mol. The molecule has 0 saturated heterocycles. The molecule has 136 valence electrons. The lowest BCUT2D eigenvalue weighted by Gasteiger charge is -2.09. The number of sulfonamides is 1. The number of hydrogen-bond acceptors (Lipinski definition) is 4. The number of hydrogen-bond donors (Lipinski definition) is 1. The van der Waals surface area contributed by atoms with Crippen LogP contribution in [0.2, 0.25) is 10.0 Å². The quantitative estimate of drug-likeness (QED) is 0.677. The number of nitrogens with one attached hydrogen (secondary N) is 1. The summed E-state index contributed by atoms with van der Waals surface area (Å²) in [6.07, 6.45) is 0. The highest BCUT2D eigenvalue weighted by molar-refractivity contribution is 7.89. The Labute approximate surface area is 165 Å². The molecule has 9 heteroatoms. The predicted molar refractivity (Wildman–Crippen MR) is 107 cm³/mol. The number of aromatic nitrogens is 1. The minimum Gasteiger partial charge on any atom is -0.319 e. The van der Waals surface area contributed by atoms with E-state index >= 15 is 0 Å². The van der Waals surface area contributed by atoms with Gasteiger partial charge in [0.25, 0.3) is 0 Å². The maximum atomic E-state index is 12.1. The molecule has 1 N–H and O–H groups in total. The average Bonchev–Trinajstić information content (AvgIpc) is 2.98. The fourth-order valence-electron chi connectivity index (χ4n) is 2.35. The molecule has 0 atom stereocenters. The second-order valence-corrected chi connectivity index (χ2v) is 8.91. The van der Waals surface area contributed by atoms with Crippen LogP contribution in [0.4, 0.5) is 5.69 Å². The van der Waals surface area contributed by atoms with Crippen LogP contribution in [-0.2, 0) is 17.1 Å². The van der Waals surface area contributed by atoms with E-state index < -0.39 is 10.0 Å². The van der Waals surface area contributed by atoms with Gasteiger partial charge < -0.3 is 4.57 Å². The van der Waals surface area contributed by atoms with Gasteiger partial charge in [-0.3, -0.25) is 0 Å². The normalized spacial score (nSPS) is 12.5. The van der Waals surface area contributed by atoms with Crippen LogP contribution in [0.25, 0.3) is 11.3 Å². The van der Waals surface area contributed by atoms with Gasteiger partial charge >= 0.3 is 0 Å². The first kappa shape index (κ1) is 19.1. The van der Waals surface area contributed by atoms with Gasteiger partial charge in [0, 0.05) is 23.0 Å². The summed E-state index contributed by atoms with van der Waals surface area (Å²) in [4.78, 5) is 5.44. The van der Waals surface area contributed by atoms with Crippen molar-refractivity contribution in [3.05, 3.63) is 62.7 Å². The maximum Gasteiger partial charge on any atom is 0.240 e. The molecule has 1 aromatic heterocycles. The zero-order valence-electron chi connectivity index (χ0n) is 13.9. The smallest absolute Gasteiger partial charge is 0.240 e. The average molecular weight is 428 g/mol. The van der Waals surface area contributed by atoms with Gasteiger partial charge in [-0.25, -0.2) is 18.1 Å². The first-order chi connectivity index (χ1) is 12.3. The van der Waals surface area contributed by atoms with E-state index in [1.165, 1.54) is 24.5 Å². The number of benzene rings is 2. The summed E-state index contributed by atoms with van der Waals surface area (Å²) in [5.41, 5.74) is 2.04. The van der Waals surface area contributed by atoms with E-state index in [1.807, 2.05) is 35.2 Å². The van der Waals surface area contributed by atoms with Crippen LogP contribution in [0.5, 0.6) is 0 Å². The van der Waals surface area contributed by atoms with Crippen molar-refractivity contribution < 1.29 is 8.42 Å². The number of rotatable bonds is 4. The molecule has 0 aliphatic heterocycles. The van der Waals surface area contributed by atoms with Gasteiger partial charge in [-0.2, -0.15) is 0 Å². The fraction of sp³-hybridized carbons (Fsp3) is 0.118. The Kier molecular flexibility index (Phi) is 5.55. The largest absolute Gasteiger partial charge is 0.319 e. The molecular formula is C17H15Cl2N3O2S2. The molecule has 0 aliphatic carbocycles. The molecule has 0 amide bonds. The van der Waals surface area contributed by atoms with Crippen LogP contribution >= 0.6 is 34.5 Å². The van der Waals surface area contributed by atoms with Gasteiger partial charge in [0.1, 0.15) is 0 Å². The van der Waals surface area contributed by atoms with Crippen LogP contribution < -0.4 is 9.52 Å². The summed E-state index contributed by atoms with van der Waals surface area (Å²) in [7, 11) is -0.347. The SMILES string of the molecule is CNS(=O)(=O)c1ccc(Cl)c(-c2csc(=Nc3ccccc3Cl)n2C)c1. The van der Waals surface area contributed by atoms with E-state index in [1.54, 1.807) is 18.2 Å². The van der Waals surface area contributed by atoms with E-state index in [0.29, 0.717) is 26.1 Å². The maximum absolute atomic E-state index is 12.1. The Morgan fingerprint density at radius 3 is 2.54 bits per heavy atom. The van der Waals surface area contributed by atoms with Crippen LogP contribution in [0, 0.1) is 0 Å². The van der Waals surface area contributed by atoms with Crippen LogP contribution in [0.1, 0.15) is 0 Å². The Hall–Kier alpha value is -1.64. The van der Waals surface area contributed by atoms with Crippen molar-refractivity contribution in [2.45, 2.75) is 4.90 Å². The first-order valence-corrected chi connectivity index (χ1v) is 10.6. The highest BCUT2D eigenvalue weighted by Crippen LogP contribution is 2.31. The van der Waals surface area contributed by atoms with Gasteiger partial charge in [-0.05, 0) is 37.4 Å². The molecule has 3 aromatic rings. The highest BCUT2D eigenvalue weighted by atomic mass is 35.5. The molecular weight excluding hydrogens is 413 g/mol. The fourth-order valence-corrected chi connectivity index (χ4v) is 4.40. The molecule has 0 aliphatic rings. The van der Waals surface area contributed by atoms with E-state index in [0.717, 1.165) is 5.69 Å². The molecule has 0 saturated carbocycles. The number of thiazole rings is 1.